The standard InChI is InChI=1S/C22H34N4O5S2/c1-13(2)18(21(29)25-17(12-32)22(30)31)26-20(28)16(11-14-7-5-4-6-8-14)24-19(27)15(23)9-10-33-3/h4-8,13,15-18,32H,9-12,23H2,1-3H3,(H,24,27)(H,25,29)(H,26,28)(H,30,31). The van der Waals surface area contributed by atoms with Gasteiger partial charge in [-0.2, -0.15) is 24.4 Å². The van der Waals surface area contributed by atoms with Crippen molar-refractivity contribution in [2.75, 3.05) is 17.8 Å². The topological polar surface area (TPSA) is 151 Å². The molecule has 0 aliphatic carbocycles. The number of nitrogens with two attached hydrogens (primary N) is 1. The van der Waals surface area contributed by atoms with E-state index in [2.05, 4.69) is 28.6 Å². The Morgan fingerprint density at radius 1 is 1.00 bits per heavy atom. The van der Waals surface area contributed by atoms with Gasteiger partial charge in [-0.3, -0.25) is 14.4 Å². The molecule has 0 aromatic heterocycles. The molecule has 0 radical (unpaired) electrons. The predicted molar refractivity (Wildman–Crippen MR) is 133 cm³/mol. The first-order chi connectivity index (χ1) is 15.6. The molecule has 0 spiro atoms. The average molecular weight is 499 g/mol. The highest BCUT2D eigenvalue weighted by molar-refractivity contribution is 7.98. The zero-order valence-corrected chi connectivity index (χ0v) is 20.8. The maximum atomic E-state index is 13.1. The van der Waals surface area contributed by atoms with Crippen LogP contribution in [0.15, 0.2) is 30.3 Å². The molecule has 6 N–H and O–H groups in total. The molecule has 33 heavy (non-hydrogen) atoms. The minimum absolute atomic E-state index is 0.0968. The number of rotatable bonds is 14. The lowest BCUT2D eigenvalue weighted by atomic mass is 10.0. The first-order valence-electron chi connectivity index (χ1n) is 10.6. The van der Waals surface area contributed by atoms with Crippen LogP contribution in [0.5, 0.6) is 0 Å². The summed E-state index contributed by atoms with van der Waals surface area (Å²) in [5, 5.41) is 16.9. The van der Waals surface area contributed by atoms with Crippen LogP contribution in [0.1, 0.15) is 25.8 Å². The van der Waals surface area contributed by atoms with Gasteiger partial charge < -0.3 is 26.8 Å². The number of carboxylic acids is 1. The minimum atomic E-state index is -1.22. The second kappa shape index (κ2) is 14.8. The largest absolute Gasteiger partial charge is 0.480 e. The summed E-state index contributed by atoms with van der Waals surface area (Å²) in [6.07, 6.45) is 2.58. The van der Waals surface area contributed by atoms with E-state index >= 15 is 0 Å². The van der Waals surface area contributed by atoms with Gasteiger partial charge in [0.2, 0.25) is 17.7 Å². The number of benzene rings is 1. The van der Waals surface area contributed by atoms with Crippen LogP contribution in [0, 0.1) is 5.92 Å². The summed E-state index contributed by atoms with van der Waals surface area (Å²) in [6, 6.07) is 5.23. The molecule has 4 atom stereocenters. The quantitative estimate of drug-likeness (QED) is 0.204. The minimum Gasteiger partial charge on any atom is -0.480 e. The lowest BCUT2D eigenvalue weighted by Gasteiger charge is -2.27. The number of carbonyl (C=O) groups excluding carboxylic acids is 3. The SMILES string of the molecule is CSCCC(N)C(=O)NC(Cc1ccccc1)C(=O)NC(C(=O)NC(CS)C(=O)O)C(C)C. The Labute approximate surface area is 204 Å². The fraction of sp³-hybridized carbons (Fsp3) is 0.545. The molecule has 0 saturated carbocycles. The van der Waals surface area contributed by atoms with Crippen molar-refractivity contribution >= 4 is 48.1 Å². The second-order valence-electron chi connectivity index (χ2n) is 7.95. The van der Waals surface area contributed by atoms with Crippen molar-refractivity contribution in [1.29, 1.82) is 0 Å². The number of aliphatic carboxylic acids is 1. The number of thiol groups is 1. The van der Waals surface area contributed by atoms with E-state index in [1.807, 2.05) is 36.6 Å². The number of carbonyl (C=O) groups is 4. The Hall–Kier alpha value is -2.24. The zero-order valence-electron chi connectivity index (χ0n) is 19.1. The summed E-state index contributed by atoms with van der Waals surface area (Å²) in [6.45, 7) is 3.45. The summed E-state index contributed by atoms with van der Waals surface area (Å²) in [7, 11) is 0. The van der Waals surface area contributed by atoms with Gasteiger partial charge in [-0.15, -0.1) is 0 Å². The molecule has 4 unspecified atom stereocenters. The van der Waals surface area contributed by atoms with Gasteiger partial charge in [-0.1, -0.05) is 44.2 Å². The number of amides is 3. The smallest absolute Gasteiger partial charge is 0.327 e. The molecule has 184 valence electrons. The molecular weight excluding hydrogens is 464 g/mol. The molecule has 0 fully saturated rings. The Morgan fingerprint density at radius 3 is 2.12 bits per heavy atom. The van der Waals surface area contributed by atoms with Gasteiger partial charge in [0.15, 0.2) is 0 Å². The number of nitrogens with one attached hydrogen (secondary N) is 3. The van der Waals surface area contributed by atoms with Crippen LogP contribution in [0.2, 0.25) is 0 Å². The number of carboxylic acid groups (broad SMARTS) is 1. The Bertz CT molecular complexity index is 794. The van der Waals surface area contributed by atoms with Crippen molar-refractivity contribution in [3.8, 4) is 0 Å². The number of hydrogen-bond donors (Lipinski definition) is 6. The lowest BCUT2D eigenvalue weighted by Crippen LogP contribution is -2.59. The summed E-state index contributed by atoms with van der Waals surface area (Å²) >= 11 is 5.51. The summed E-state index contributed by atoms with van der Waals surface area (Å²) in [4.78, 5) is 49.7. The first-order valence-corrected chi connectivity index (χ1v) is 12.7. The second-order valence-corrected chi connectivity index (χ2v) is 9.30. The van der Waals surface area contributed by atoms with Crippen molar-refractivity contribution in [3.63, 3.8) is 0 Å². The van der Waals surface area contributed by atoms with Crippen LogP contribution in [-0.2, 0) is 25.6 Å². The Kier molecular flexibility index (Phi) is 12.9. The van der Waals surface area contributed by atoms with E-state index in [4.69, 9.17) is 5.73 Å². The maximum Gasteiger partial charge on any atom is 0.327 e. The van der Waals surface area contributed by atoms with E-state index in [1.54, 1.807) is 25.6 Å². The van der Waals surface area contributed by atoms with Gasteiger partial charge in [0, 0.05) is 12.2 Å². The van der Waals surface area contributed by atoms with Crippen LogP contribution >= 0.6 is 24.4 Å². The maximum absolute atomic E-state index is 13.1. The molecule has 0 bridgehead atoms. The highest BCUT2D eigenvalue weighted by atomic mass is 32.2. The molecule has 1 aromatic carbocycles. The van der Waals surface area contributed by atoms with Crippen LogP contribution in [-0.4, -0.2) is 70.7 Å². The van der Waals surface area contributed by atoms with E-state index < -0.39 is 47.9 Å². The third-order valence-electron chi connectivity index (χ3n) is 4.93. The molecule has 1 rings (SSSR count). The van der Waals surface area contributed by atoms with Gasteiger partial charge in [0.25, 0.3) is 0 Å². The molecule has 3 amide bonds. The number of hydrogen-bond acceptors (Lipinski definition) is 7. The summed E-state index contributed by atoms with van der Waals surface area (Å²) < 4.78 is 0. The van der Waals surface area contributed by atoms with Crippen LogP contribution in [0.25, 0.3) is 0 Å². The summed E-state index contributed by atoms with van der Waals surface area (Å²) in [5.74, 6) is -2.60. The fourth-order valence-electron chi connectivity index (χ4n) is 2.95. The van der Waals surface area contributed by atoms with Gasteiger partial charge >= 0.3 is 5.97 Å². The van der Waals surface area contributed by atoms with E-state index in [0.717, 1.165) is 5.56 Å². The van der Waals surface area contributed by atoms with Crippen LogP contribution < -0.4 is 21.7 Å². The van der Waals surface area contributed by atoms with Crippen molar-refractivity contribution < 1.29 is 24.3 Å². The third kappa shape index (κ3) is 10.1. The first kappa shape index (κ1) is 28.8. The molecule has 11 heteroatoms. The molecule has 0 saturated heterocycles. The van der Waals surface area contributed by atoms with E-state index in [9.17, 15) is 24.3 Å². The zero-order chi connectivity index (χ0) is 25.0. The lowest BCUT2D eigenvalue weighted by molar-refractivity contribution is -0.142. The highest BCUT2D eigenvalue weighted by Gasteiger charge is 2.31. The molecule has 1 aromatic rings. The van der Waals surface area contributed by atoms with Crippen molar-refractivity contribution in [2.45, 2.75) is 50.9 Å². The van der Waals surface area contributed by atoms with Crippen molar-refractivity contribution in [2.24, 2.45) is 11.7 Å². The van der Waals surface area contributed by atoms with Gasteiger partial charge in [-0.05, 0) is 29.9 Å². The van der Waals surface area contributed by atoms with Gasteiger partial charge in [0.05, 0.1) is 6.04 Å². The molecular formula is C22H34N4O5S2. The molecule has 9 nitrogen and oxygen atoms in total. The molecule has 0 heterocycles. The molecule has 0 aliphatic rings. The monoisotopic (exact) mass is 498 g/mol. The van der Waals surface area contributed by atoms with Crippen LogP contribution in [0.4, 0.5) is 0 Å². The van der Waals surface area contributed by atoms with Gasteiger partial charge in [0.1, 0.15) is 18.1 Å². The Balaban J connectivity index is 3.01. The normalized spacial score (nSPS) is 14.6. The van der Waals surface area contributed by atoms with E-state index in [-0.39, 0.29) is 18.1 Å². The number of thioether (sulfide) groups is 1. The third-order valence-corrected chi connectivity index (χ3v) is 5.94. The predicted octanol–water partition coefficient (Wildman–Crippen LogP) is 0.434. The van der Waals surface area contributed by atoms with E-state index in [0.29, 0.717) is 12.2 Å². The van der Waals surface area contributed by atoms with Crippen molar-refractivity contribution in [1.82, 2.24) is 16.0 Å². The molecule has 0 aliphatic heterocycles. The average Bonchev–Trinajstić information content (AvgIpc) is 2.78. The highest BCUT2D eigenvalue weighted by Crippen LogP contribution is 2.08. The fourth-order valence-corrected chi connectivity index (χ4v) is 3.69. The van der Waals surface area contributed by atoms with Crippen LogP contribution in [0.3, 0.4) is 0 Å². The summed E-state index contributed by atoms with van der Waals surface area (Å²) in [5.41, 5.74) is 6.78. The van der Waals surface area contributed by atoms with Crippen molar-refractivity contribution in [3.05, 3.63) is 35.9 Å². The Morgan fingerprint density at radius 2 is 1.61 bits per heavy atom. The van der Waals surface area contributed by atoms with E-state index in [1.165, 1.54) is 0 Å². The van der Waals surface area contributed by atoms with Gasteiger partial charge in [-0.25, -0.2) is 4.79 Å².